The fourth-order valence-electron chi connectivity index (χ4n) is 1.35. The van der Waals surface area contributed by atoms with Gasteiger partial charge < -0.3 is 15.5 Å². The zero-order chi connectivity index (χ0) is 15.3. The molecule has 0 unspecified atom stereocenters. The van der Waals surface area contributed by atoms with Crippen molar-refractivity contribution in [1.29, 1.82) is 0 Å². The zero-order valence-corrected chi connectivity index (χ0v) is 12.5. The summed E-state index contributed by atoms with van der Waals surface area (Å²) in [6, 6.07) is 2.22. The molecule has 0 aliphatic carbocycles. The van der Waals surface area contributed by atoms with Crippen LogP contribution in [-0.2, 0) is 0 Å². The van der Waals surface area contributed by atoms with Crippen LogP contribution in [0.5, 0.6) is 0 Å². The van der Waals surface area contributed by atoms with Gasteiger partial charge >= 0.3 is 6.03 Å². The minimum atomic E-state index is -0.571. The topological polar surface area (TPSA) is 87.5 Å². The number of urea groups is 1. The summed E-state index contributed by atoms with van der Waals surface area (Å²) in [7, 11) is 3.26. The summed E-state index contributed by atoms with van der Waals surface area (Å²) < 4.78 is 0. The van der Waals surface area contributed by atoms with Crippen molar-refractivity contribution < 1.29 is 9.72 Å². The second-order valence-electron chi connectivity index (χ2n) is 4.09. The lowest BCUT2D eigenvalue weighted by Crippen LogP contribution is -2.37. The van der Waals surface area contributed by atoms with Crippen LogP contribution in [0.3, 0.4) is 0 Å². The van der Waals surface area contributed by atoms with Crippen molar-refractivity contribution in [3.8, 4) is 0 Å². The van der Waals surface area contributed by atoms with Gasteiger partial charge in [0.25, 0.3) is 5.69 Å². The lowest BCUT2D eigenvalue weighted by molar-refractivity contribution is -0.384. The largest absolute Gasteiger partial charge is 0.381 e. The molecular weight excluding hydrogens is 307 g/mol. The van der Waals surface area contributed by atoms with E-state index in [1.165, 1.54) is 17.0 Å². The van der Waals surface area contributed by atoms with Crippen molar-refractivity contribution in [1.82, 2.24) is 10.2 Å². The Hall–Kier alpha value is -1.73. The Bertz CT molecular complexity index is 499. The third-order valence-corrected chi connectivity index (χ3v) is 2.94. The van der Waals surface area contributed by atoms with Crippen LogP contribution in [0.2, 0.25) is 10.0 Å². The third-order valence-electron chi connectivity index (χ3n) is 2.35. The molecule has 0 atom stereocenters. The number of nitro groups is 1. The highest BCUT2D eigenvalue weighted by molar-refractivity contribution is 6.39. The number of amides is 2. The van der Waals surface area contributed by atoms with Crippen LogP contribution in [0.15, 0.2) is 12.1 Å². The summed E-state index contributed by atoms with van der Waals surface area (Å²) in [5, 5.41) is 16.5. The van der Waals surface area contributed by atoms with Crippen LogP contribution < -0.4 is 10.6 Å². The minimum Gasteiger partial charge on any atom is -0.381 e. The Kier molecular flexibility index (Phi) is 5.84. The first kappa shape index (κ1) is 16.3. The first-order valence-corrected chi connectivity index (χ1v) is 6.41. The molecule has 0 fully saturated rings. The van der Waals surface area contributed by atoms with Gasteiger partial charge in [-0.25, -0.2) is 4.79 Å². The van der Waals surface area contributed by atoms with E-state index >= 15 is 0 Å². The second-order valence-corrected chi connectivity index (χ2v) is 4.91. The van der Waals surface area contributed by atoms with Gasteiger partial charge in [0.15, 0.2) is 0 Å². The number of hydrogen-bond donors (Lipinski definition) is 2. The number of nitrogens with zero attached hydrogens (tertiary/aromatic N) is 2. The molecule has 2 N–H and O–H groups in total. The Morgan fingerprint density at radius 3 is 2.30 bits per heavy atom. The second kappa shape index (κ2) is 7.16. The first-order valence-electron chi connectivity index (χ1n) is 5.65. The van der Waals surface area contributed by atoms with E-state index in [2.05, 4.69) is 10.6 Å². The molecule has 1 rings (SSSR count). The molecular formula is C11H14Cl2N4O3. The summed E-state index contributed by atoms with van der Waals surface area (Å²) in [6.07, 6.45) is 0. The number of carbonyl (C=O) groups is 1. The molecule has 0 saturated carbocycles. The maximum Gasteiger partial charge on any atom is 0.316 e. The maximum atomic E-state index is 11.3. The zero-order valence-electron chi connectivity index (χ0n) is 10.9. The van der Waals surface area contributed by atoms with Crippen LogP contribution >= 0.6 is 23.2 Å². The van der Waals surface area contributed by atoms with Gasteiger partial charge in [0, 0.05) is 39.3 Å². The molecule has 110 valence electrons. The van der Waals surface area contributed by atoms with Gasteiger partial charge in [-0.2, -0.15) is 0 Å². The number of benzene rings is 1. The number of rotatable bonds is 5. The molecule has 1 aromatic carbocycles. The molecule has 0 heterocycles. The number of hydrogen-bond acceptors (Lipinski definition) is 4. The van der Waals surface area contributed by atoms with E-state index in [-0.39, 0.29) is 21.8 Å². The number of nitrogens with one attached hydrogen (secondary N) is 2. The number of nitro benzene ring substituents is 1. The molecule has 0 saturated heterocycles. The summed E-state index contributed by atoms with van der Waals surface area (Å²) in [5.41, 5.74) is 0.226. The molecule has 2 amide bonds. The van der Waals surface area contributed by atoms with E-state index in [4.69, 9.17) is 23.2 Å². The highest BCUT2D eigenvalue weighted by Gasteiger charge is 2.14. The third kappa shape index (κ3) is 4.43. The molecule has 20 heavy (non-hydrogen) atoms. The normalized spacial score (nSPS) is 10.0. The Balaban J connectivity index is 2.61. The molecule has 9 heteroatoms. The van der Waals surface area contributed by atoms with Gasteiger partial charge in [0.1, 0.15) is 0 Å². The van der Waals surface area contributed by atoms with Crippen LogP contribution in [0.1, 0.15) is 0 Å². The van der Waals surface area contributed by atoms with E-state index in [9.17, 15) is 14.9 Å². The number of non-ortho nitro benzene ring substituents is 1. The number of carbonyl (C=O) groups excluding carboxylic acids is 1. The van der Waals surface area contributed by atoms with Crippen molar-refractivity contribution in [2.45, 2.75) is 0 Å². The molecule has 0 aromatic heterocycles. The SMILES string of the molecule is CN(C)C(=O)NCCNc1c(Cl)cc([N+](=O)[O-])cc1Cl. The van der Waals surface area contributed by atoms with Crippen molar-refractivity contribution >= 4 is 40.6 Å². The standard InChI is InChI=1S/C11H14Cl2N4O3/c1-16(2)11(18)15-4-3-14-10-8(12)5-7(17(19)20)6-9(10)13/h5-6,14H,3-4H2,1-2H3,(H,15,18). The van der Waals surface area contributed by atoms with Crippen molar-refractivity contribution in [3.63, 3.8) is 0 Å². The van der Waals surface area contributed by atoms with E-state index in [1.54, 1.807) is 14.1 Å². The van der Waals surface area contributed by atoms with Gasteiger partial charge in [0.2, 0.25) is 0 Å². The van der Waals surface area contributed by atoms with Gasteiger partial charge in [-0.3, -0.25) is 10.1 Å². The molecule has 0 aliphatic heterocycles. The van der Waals surface area contributed by atoms with Crippen LogP contribution in [0.25, 0.3) is 0 Å². The smallest absolute Gasteiger partial charge is 0.316 e. The van der Waals surface area contributed by atoms with Gasteiger partial charge in [-0.05, 0) is 0 Å². The summed E-state index contributed by atoms with van der Waals surface area (Å²) >= 11 is 11.8. The Labute approximate surface area is 126 Å². The number of halogens is 2. The minimum absolute atomic E-state index is 0.156. The van der Waals surface area contributed by atoms with Crippen molar-refractivity contribution in [3.05, 3.63) is 32.3 Å². The lowest BCUT2D eigenvalue weighted by atomic mass is 10.2. The van der Waals surface area contributed by atoms with Crippen molar-refractivity contribution in [2.75, 3.05) is 32.5 Å². The van der Waals surface area contributed by atoms with Crippen molar-refractivity contribution in [2.24, 2.45) is 0 Å². The summed E-state index contributed by atoms with van der Waals surface area (Å²) in [4.78, 5) is 22.7. The Morgan fingerprint density at radius 2 is 1.85 bits per heavy atom. The quantitative estimate of drug-likeness (QED) is 0.496. The average Bonchev–Trinajstić information content (AvgIpc) is 2.36. The van der Waals surface area contributed by atoms with E-state index in [1.807, 2.05) is 0 Å². The van der Waals surface area contributed by atoms with Crippen LogP contribution in [0, 0.1) is 10.1 Å². The molecule has 0 spiro atoms. The first-order chi connectivity index (χ1) is 9.32. The molecule has 0 bridgehead atoms. The highest BCUT2D eigenvalue weighted by Crippen LogP contribution is 2.34. The predicted octanol–water partition coefficient (Wildman–Crippen LogP) is 2.58. The summed E-state index contributed by atoms with van der Waals surface area (Å²) in [6.45, 7) is 0.748. The van der Waals surface area contributed by atoms with Gasteiger partial charge in [0.05, 0.1) is 20.7 Å². The Morgan fingerprint density at radius 1 is 1.30 bits per heavy atom. The fourth-order valence-corrected chi connectivity index (χ4v) is 1.96. The van der Waals surface area contributed by atoms with Crippen LogP contribution in [0.4, 0.5) is 16.2 Å². The average molecular weight is 321 g/mol. The molecule has 1 aromatic rings. The van der Waals surface area contributed by atoms with Gasteiger partial charge in [-0.1, -0.05) is 23.2 Å². The highest BCUT2D eigenvalue weighted by atomic mass is 35.5. The lowest BCUT2D eigenvalue weighted by Gasteiger charge is -2.13. The molecule has 0 aliphatic rings. The molecule has 0 radical (unpaired) electrons. The van der Waals surface area contributed by atoms with Gasteiger partial charge in [-0.15, -0.1) is 0 Å². The van der Waals surface area contributed by atoms with E-state index in [0.717, 1.165) is 0 Å². The number of anilines is 1. The fraction of sp³-hybridized carbons (Fsp3) is 0.364. The predicted molar refractivity (Wildman–Crippen MR) is 78.7 cm³/mol. The monoisotopic (exact) mass is 320 g/mol. The maximum absolute atomic E-state index is 11.3. The van der Waals surface area contributed by atoms with Crippen LogP contribution in [-0.4, -0.2) is 43.0 Å². The molecule has 7 nitrogen and oxygen atoms in total. The summed E-state index contributed by atoms with van der Waals surface area (Å²) in [5.74, 6) is 0. The van der Waals surface area contributed by atoms with E-state index < -0.39 is 4.92 Å². The van der Waals surface area contributed by atoms with E-state index in [0.29, 0.717) is 18.8 Å².